The highest BCUT2D eigenvalue weighted by Gasteiger charge is 2.28. The topological polar surface area (TPSA) is 71.0 Å². The van der Waals surface area contributed by atoms with Gasteiger partial charge in [-0.15, -0.1) is 0 Å². The molecule has 1 fully saturated rings. The van der Waals surface area contributed by atoms with Crippen molar-refractivity contribution < 1.29 is 4.79 Å². The molecule has 3 heterocycles. The fourth-order valence-electron chi connectivity index (χ4n) is 2.83. The Morgan fingerprint density at radius 2 is 2.32 bits per heavy atom. The molecular formula is C15H17ClN4O2. The van der Waals surface area contributed by atoms with E-state index in [2.05, 4.69) is 10.1 Å². The number of likely N-dealkylation sites (tertiary alicyclic amines) is 1. The molecule has 0 aliphatic carbocycles. The molecule has 1 aliphatic rings. The molecule has 0 radical (unpaired) electrons. The van der Waals surface area contributed by atoms with Crippen molar-refractivity contribution in [2.45, 2.75) is 31.8 Å². The highest BCUT2D eigenvalue weighted by Crippen LogP contribution is 2.21. The van der Waals surface area contributed by atoms with Crippen molar-refractivity contribution in [3.05, 3.63) is 51.7 Å². The first-order valence-electron chi connectivity index (χ1n) is 7.32. The summed E-state index contributed by atoms with van der Waals surface area (Å²) in [5.41, 5.74) is 0.0296. The summed E-state index contributed by atoms with van der Waals surface area (Å²) in [4.78, 5) is 28.4. The Bertz CT molecular complexity index is 711. The second kappa shape index (κ2) is 6.36. The van der Waals surface area contributed by atoms with Crippen LogP contribution in [0.2, 0.25) is 5.02 Å². The lowest BCUT2D eigenvalue weighted by Gasteiger charge is -2.35. The zero-order valence-electron chi connectivity index (χ0n) is 12.0. The lowest BCUT2D eigenvalue weighted by atomic mass is 10.0. The monoisotopic (exact) mass is 320 g/mol. The van der Waals surface area contributed by atoms with Crippen molar-refractivity contribution in [3.8, 4) is 0 Å². The Labute approximate surface area is 132 Å². The second-order valence-corrected chi connectivity index (χ2v) is 5.85. The van der Waals surface area contributed by atoms with E-state index in [9.17, 15) is 9.59 Å². The number of carbonyl (C=O) groups is 1. The van der Waals surface area contributed by atoms with Crippen LogP contribution in [0.5, 0.6) is 0 Å². The summed E-state index contributed by atoms with van der Waals surface area (Å²) in [7, 11) is 0. The predicted octanol–water partition coefficient (Wildman–Crippen LogP) is 1.92. The first kappa shape index (κ1) is 14.8. The van der Waals surface area contributed by atoms with Crippen molar-refractivity contribution in [1.29, 1.82) is 0 Å². The molecule has 6 nitrogen and oxygen atoms in total. The molecule has 0 spiro atoms. The average Bonchev–Trinajstić information content (AvgIpc) is 3.03. The Hall–Kier alpha value is -2.08. The van der Waals surface area contributed by atoms with E-state index in [-0.39, 0.29) is 22.5 Å². The number of rotatable bonds is 3. The van der Waals surface area contributed by atoms with E-state index in [1.165, 1.54) is 12.3 Å². The van der Waals surface area contributed by atoms with Gasteiger partial charge in [0.05, 0.1) is 18.2 Å². The maximum Gasteiger partial charge on any atom is 0.266 e. The highest BCUT2D eigenvalue weighted by atomic mass is 35.5. The van der Waals surface area contributed by atoms with Crippen molar-refractivity contribution >= 4 is 17.5 Å². The molecule has 0 saturated carbocycles. The van der Waals surface area contributed by atoms with Crippen molar-refractivity contribution in [1.82, 2.24) is 19.7 Å². The van der Waals surface area contributed by atoms with Crippen molar-refractivity contribution in [2.24, 2.45) is 0 Å². The summed E-state index contributed by atoms with van der Waals surface area (Å²) in [6.07, 6.45) is 8.09. The first-order chi connectivity index (χ1) is 10.6. The van der Waals surface area contributed by atoms with E-state index in [0.717, 1.165) is 19.3 Å². The van der Waals surface area contributed by atoms with E-state index in [1.54, 1.807) is 6.20 Å². The molecule has 1 saturated heterocycles. The Balaban J connectivity index is 1.81. The number of amides is 1. The second-order valence-electron chi connectivity index (χ2n) is 5.44. The van der Waals surface area contributed by atoms with Crippen LogP contribution in [-0.2, 0) is 6.54 Å². The predicted molar refractivity (Wildman–Crippen MR) is 83.0 cm³/mol. The van der Waals surface area contributed by atoms with E-state index in [4.69, 9.17) is 11.6 Å². The summed E-state index contributed by atoms with van der Waals surface area (Å²) in [6.45, 7) is 1.39. The van der Waals surface area contributed by atoms with E-state index in [0.29, 0.717) is 18.7 Å². The molecule has 2 aromatic rings. The maximum absolute atomic E-state index is 12.7. The number of aromatic nitrogens is 3. The fourth-order valence-corrected chi connectivity index (χ4v) is 3.00. The van der Waals surface area contributed by atoms with Crippen LogP contribution in [0.3, 0.4) is 0 Å². The van der Waals surface area contributed by atoms with Crippen LogP contribution in [-0.4, -0.2) is 38.2 Å². The normalized spacial score (nSPS) is 18.4. The minimum Gasteiger partial charge on any atom is -0.334 e. The van der Waals surface area contributed by atoms with Gasteiger partial charge in [0.15, 0.2) is 0 Å². The number of pyridine rings is 1. The summed E-state index contributed by atoms with van der Waals surface area (Å²) >= 11 is 5.82. The molecule has 7 heteroatoms. The van der Waals surface area contributed by atoms with Crippen LogP contribution in [0.1, 0.15) is 29.6 Å². The molecule has 2 aromatic heterocycles. The van der Waals surface area contributed by atoms with E-state index < -0.39 is 0 Å². The third-order valence-electron chi connectivity index (χ3n) is 3.95. The Kier molecular flexibility index (Phi) is 4.29. The van der Waals surface area contributed by atoms with Gasteiger partial charge in [0.1, 0.15) is 5.02 Å². The van der Waals surface area contributed by atoms with Crippen LogP contribution in [0, 0.1) is 0 Å². The number of halogens is 1. The number of aromatic amines is 1. The van der Waals surface area contributed by atoms with Crippen molar-refractivity contribution in [2.75, 3.05) is 6.54 Å². The molecule has 1 N–H and O–H groups in total. The van der Waals surface area contributed by atoms with Gasteiger partial charge >= 0.3 is 0 Å². The number of hydrogen-bond acceptors (Lipinski definition) is 3. The molecule has 0 bridgehead atoms. The number of carbonyl (C=O) groups excluding carboxylic acids is 1. The zero-order chi connectivity index (χ0) is 15.5. The molecular weight excluding hydrogens is 304 g/mol. The van der Waals surface area contributed by atoms with Gasteiger partial charge < -0.3 is 9.88 Å². The Morgan fingerprint density at radius 1 is 1.45 bits per heavy atom. The van der Waals surface area contributed by atoms with Crippen LogP contribution in [0.15, 0.2) is 35.5 Å². The maximum atomic E-state index is 12.7. The van der Waals surface area contributed by atoms with E-state index in [1.807, 2.05) is 21.8 Å². The number of piperidine rings is 1. The van der Waals surface area contributed by atoms with Crippen LogP contribution in [0.4, 0.5) is 0 Å². The highest BCUT2D eigenvalue weighted by molar-refractivity contribution is 6.30. The van der Waals surface area contributed by atoms with Gasteiger partial charge in [-0.3, -0.25) is 14.3 Å². The molecule has 22 heavy (non-hydrogen) atoms. The number of hydrogen-bond donors (Lipinski definition) is 1. The number of H-pyrrole nitrogens is 1. The van der Waals surface area contributed by atoms with Gasteiger partial charge in [-0.05, 0) is 31.4 Å². The van der Waals surface area contributed by atoms with Gasteiger partial charge in [0, 0.05) is 25.1 Å². The number of nitrogens with one attached hydrogen (secondary N) is 1. The van der Waals surface area contributed by atoms with Gasteiger partial charge in [0.25, 0.3) is 11.5 Å². The molecule has 1 aliphatic heterocycles. The molecule has 0 unspecified atom stereocenters. The lowest BCUT2D eigenvalue weighted by Crippen LogP contribution is -2.46. The average molecular weight is 321 g/mol. The van der Waals surface area contributed by atoms with E-state index >= 15 is 0 Å². The van der Waals surface area contributed by atoms with Crippen LogP contribution < -0.4 is 5.56 Å². The fraction of sp³-hybridized carbons (Fsp3) is 0.400. The van der Waals surface area contributed by atoms with Gasteiger partial charge in [-0.25, -0.2) is 0 Å². The van der Waals surface area contributed by atoms with Gasteiger partial charge in [-0.1, -0.05) is 11.6 Å². The summed E-state index contributed by atoms with van der Waals surface area (Å²) < 4.78 is 1.84. The SMILES string of the molecule is O=C(c1c[nH]c(=O)c(Cl)c1)N1CCCC[C@H]1Cn1cccn1. The molecule has 1 amide bonds. The van der Waals surface area contributed by atoms with Gasteiger partial charge in [-0.2, -0.15) is 5.10 Å². The third-order valence-corrected chi connectivity index (χ3v) is 4.23. The van der Waals surface area contributed by atoms with Crippen LogP contribution in [0.25, 0.3) is 0 Å². The molecule has 3 rings (SSSR count). The first-order valence-corrected chi connectivity index (χ1v) is 7.69. The number of nitrogens with zero attached hydrogens (tertiary/aromatic N) is 3. The molecule has 116 valence electrons. The summed E-state index contributed by atoms with van der Waals surface area (Å²) in [6, 6.07) is 3.41. The van der Waals surface area contributed by atoms with Crippen molar-refractivity contribution in [3.63, 3.8) is 0 Å². The zero-order valence-corrected chi connectivity index (χ0v) is 12.8. The Morgan fingerprint density at radius 3 is 3.05 bits per heavy atom. The third kappa shape index (κ3) is 3.06. The lowest BCUT2D eigenvalue weighted by molar-refractivity contribution is 0.0583. The van der Waals surface area contributed by atoms with Gasteiger partial charge in [0.2, 0.25) is 0 Å². The summed E-state index contributed by atoms with van der Waals surface area (Å²) in [5.74, 6) is -0.102. The minimum absolute atomic E-state index is 0.0338. The van der Waals surface area contributed by atoms with Crippen LogP contribution >= 0.6 is 11.6 Å². The summed E-state index contributed by atoms with van der Waals surface area (Å²) in [5, 5.41) is 4.25. The smallest absolute Gasteiger partial charge is 0.266 e. The largest absolute Gasteiger partial charge is 0.334 e. The standard InChI is InChI=1S/C15H17ClN4O2/c16-13-8-11(9-17-14(13)21)15(22)20-7-2-1-4-12(20)10-19-6-3-5-18-19/h3,5-6,8-9,12H,1-2,4,7,10H2,(H,17,21)/t12-/m0/s1. The molecule has 1 atom stereocenters. The molecule has 0 aromatic carbocycles. The quantitative estimate of drug-likeness (QED) is 0.939. The minimum atomic E-state index is -0.384.